The van der Waals surface area contributed by atoms with Crippen molar-refractivity contribution >= 4 is 11.8 Å². The van der Waals surface area contributed by atoms with Crippen molar-refractivity contribution in [1.82, 2.24) is 19.9 Å². The van der Waals surface area contributed by atoms with Gasteiger partial charge in [-0.3, -0.25) is 9.59 Å². The second-order valence-electron chi connectivity index (χ2n) is 7.29. The van der Waals surface area contributed by atoms with Crippen LogP contribution in [0.2, 0.25) is 0 Å². The number of nitrogens with one attached hydrogen (secondary N) is 1. The van der Waals surface area contributed by atoms with E-state index in [4.69, 9.17) is 4.52 Å². The van der Waals surface area contributed by atoms with E-state index in [1.165, 1.54) is 0 Å². The third-order valence-corrected chi connectivity index (χ3v) is 5.49. The molecule has 0 radical (unpaired) electrons. The Labute approximate surface area is 146 Å². The SMILES string of the molecule is Cc1noc(C)c1CN1C[C@@]2(CCN(C(=O)c3ccc[nH]3)C2)CC1=O. The van der Waals surface area contributed by atoms with E-state index in [1.54, 1.807) is 12.3 Å². The van der Waals surface area contributed by atoms with Gasteiger partial charge in [0.05, 0.1) is 12.2 Å². The molecule has 7 heteroatoms. The highest BCUT2D eigenvalue weighted by atomic mass is 16.5. The quantitative estimate of drug-likeness (QED) is 0.923. The molecule has 4 heterocycles. The summed E-state index contributed by atoms with van der Waals surface area (Å²) < 4.78 is 5.20. The summed E-state index contributed by atoms with van der Waals surface area (Å²) in [6.07, 6.45) is 3.12. The molecular formula is C18H22N4O3. The van der Waals surface area contributed by atoms with Crippen LogP contribution in [0.3, 0.4) is 0 Å². The molecule has 2 aromatic heterocycles. The molecule has 0 aromatic carbocycles. The molecule has 2 aromatic rings. The second-order valence-corrected chi connectivity index (χ2v) is 7.29. The van der Waals surface area contributed by atoms with Crippen LogP contribution in [0.15, 0.2) is 22.9 Å². The van der Waals surface area contributed by atoms with Gasteiger partial charge in [-0.1, -0.05) is 5.16 Å². The Kier molecular flexibility index (Phi) is 3.67. The first-order valence-corrected chi connectivity index (χ1v) is 8.60. The van der Waals surface area contributed by atoms with Crippen molar-refractivity contribution in [1.29, 1.82) is 0 Å². The van der Waals surface area contributed by atoms with Gasteiger partial charge in [-0.2, -0.15) is 0 Å². The predicted molar refractivity (Wildman–Crippen MR) is 89.8 cm³/mol. The van der Waals surface area contributed by atoms with Crippen LogP contribution < -0.4 is 0 Å². The number of amides is 2. The molecule has 2 aliphatic heterocycles. The van der Waals surface area contributed by atoms with Crippen molar-refractivity contribution in [2.75, 3.05) is 19.6 Å². The summed E-state index contributed by atoms with van der Waals surface area (Å²) in [5.74, 6) is 0.925. The van der Waals surface area contributed by atoms with Crippen molar-refractivity contribution in [3.63, 3.8) is 0 Å². The fraction of sp³-hybridized carbons (Fsp3) is 0.500. The Morgan fingerprint density at radius 2 is 2.24 bits per heavy atom. The van der Waals surface area contributed by atoms with Gasteiger partial charge in [0.25, 0.3) is 5.91 Å². The molecular weight excluding hydrogens is 320 g/mol. The molecule has 2 amide bonds. The normalized spacial score (nSPS) is 23.2. The van der Waals surface area contributed by atoms with Crippen molar-refractivity contribution in [2.24, 2.45) is 5.41 Å². The van der Waals surface area contributed by atoms with Crippen LogP contribution in [-0.2, 0) is 11.3 Å². The minimum Gasteiger partial charge on any atom is -0.361 e. The highest BCUT2D eigenvalue weighted by Gasteiger charge is 2.48. The van der Waals surface area contributed by atoms with Gasteiger partial charge in [0.15, 0.2) is 0 Å². The number of rotatable bonds is 3. The average Bonchev–Trinajstić information content (AvgIpc) is 3.34. The van der Waals surface area contributed by atoms with Crippen LogP contribution in [0.25, 0.3) is 0 Å². The van der Waals surface area contributed by atoms with Gasteiger partial charge >= 0.3 is 0 Å². The Hall–Kier alpha value is -2.57. The molecule has 7 nitrogen and oxygen atoms in total. The van der Waals surface area contributed by atoms with Crippen LogP contribution in [0.5, 0.6) is 0 Å². The Morgan fingerprint density at radius 3 is 2.92 bits per heavy atom. The maximum Gasteiger partial charge on any atom is 0.270 e. The number of hydrogen-bond donors (Lipinski definition) is 1. The second kappa shape index (κ2) is 5.75. The summed E-state index contributed by atoms with van der Waals surface area (Å²) in [6, 6.07) is 3.61. The lowest BCUT2D eigenvalue weighted by molar-refractivity contribution is -0.128. The molecule has 0 saturated carbocycles. The molecule has 1 N–H and O–H groups in total. The first kappa shape index (κ1) is 15.9. The zero-order valence-electron chi connectivity index (χ0n) is 14.5. The smallest absolute Gasteiger partial charge is 0.270 e. The largest absolute Gasteiger partial charge is 0.361 e. The topological polar surface area (TPSA) is 82.4 Å². The van der Waals surface area contributed by atoms with E-state index in [2.05, 4.69) is 10.1 Å². The summed E-state index contributed by atoms with van der Waals surface area (Å²) in [7, 11) is 0. The zero-order chi connectivity index (χ0) is 17.6. The number of aromatic nitrogens is 2. The molecule has 2 fully saturated rings. The number of aromatic amines is 1. The van der Waals surface area contributed by atoms with E-state index in [1.807, 2.05) is 29.7 Å². The van der Waals surface area contributed by atoms with Crippen LogP contribution >= 0.6 is 0 Å². The van der Waals surface area contributed by atoms with Crippen LogP contribution in [0.1, 0.15) is 40.3 Å². The summed E-state index contributed by atoms with van der Waals surface area (Å²) in [5, 5.41) is 3.97. The van der Waals surface area contributed by atoms with Gasteiger partial charge in [-0.25, -0.2) is 0 Å². The van der Waals surface area contributed by atoms with Crippen LogP contribution in [0.4, 0.5) is 0 Å². The third-order valence-electron chi connectivity index (χ3n) is 5.49. The number of hydrogen-bond acceptors (Lipinski definition) is 4. The molecule has 0 aliphatic carbocycles. The van der Waals surface area contributed by atoms with Crippen molar-refractivity contribution < 1.29 is 14.1 Å². The number of aryl methyl sites for hydroxylation is 2. The standard InChI is InChI=1S/C18H22N4O3/c1-12-14(13(2)25-20-12)9-22-11-18(8-16(22)23)5-7-21(10-18)17(24)15-4-3-6-19-15/h3-4,6,19H,5,7-11H2,1-2H3/t18-/m0/s1. The lowest BCUT2D eigenvalue weighted by Gasteiger charge is -2.24. The van der Waals surface area contributed by atoms with Gasteiger partial charge in [-0.15, -0.1) is 0 Å². The fourth-order valence-corrected chi connectivity index (χ4v) is 4.06. The molecule has 4 rings (SSSR count). The molecule has 25 heavy (non-hydrogen) atoms. The number of likely N-dealkylation sites (tertiary alicyclic amines) is 2. The highest BCUT2D eigenvalue weighted by molar-refractivity contribution is 5.92. The predicted octanol–water partition coefficient (Wildman–Crippen LogP) is 1.88. The molecule has 1 spiro atoms. The average molecular weight is 342 g/mol. The van der Waals surface area contributed by atoms with E-state index >= 15 is 0 Å². The molecule has 2 aliphatic rings. The minimum atomic E-state index is -0.127. The molecule has 1 atom stereocenters. The van der Waals surface area contributed by atoms with Gasteiger partial charge in [0.2, 0.25) is 5.91 Å². The van der Waals surface area contributed by atoms with E-state index < -0.39 is 0 Å². The number of carbonyl (C=O) groups is 2. The fourth-order valence-electron chi connectivity index (χ4n) is 4.06. The van der Waals surface area contributed by atoms with Gasteiger partial charge in [0.1, 0.15) is 11.5 Å². The number of H-pyrrole nitrogens is 1. The summed E-state index contributed by atoms with van der Waals surface area (Å²) >= 11 is 0. The maximum atomic E-state index is 12.6. The van der Waals surface area contributed by atoms with Crippen molar-refractivity contribution in [3.8, 4) is 0 Å². The maximum absolute atomic E-state index is 12.6. The molecule has 0 bridgehead atoms. The molecule has 0 unspecified atom stereocenters. The Balaban J connectivity index is 1.46. The number of carbonyl (C=O) groups excluding carboxylic acids is 2. The minimum absolute atomic E-state index is 0.0125. The van der Waals surface area contributed by atoms with Gasteiger partial charge in [0, 0.05) is 43.2 Å². The first-order valence-electron chi connectivity index (χ1n) is 8.60. The molecule has 132 valence electrons. The van der Waals surface area contributed by atoms with Crippen LogP contribution in [-0.4, -0.2) is 51.4 Å². The van der Waals surface area contributed by atoms with Crippen LogP contribution in [0, 0.1) is 19.3 Å². The Bertz CT molecular complexity index is 791. The number of nitrogens with zero attached hydrogens (tertiary/aromatic N) is 3. The molecule has 2 saturated heterocycles. The highest BCUT2D eigenvalue weighted by Crippen LogP contribution is 2.41. The summed E-state index contributed by atoms with van der Waals surface area (Å²) in [5.41, 5.74) is 2.30. The van der Waals surface area contributed by atoms with Crippen molar-refractivity contribution in [2.45, 2.75) is 33.2 Å². The van der Waals surface area contributed by atoms with Gasteiger partial charge in [-0.05, 0) is 32.4 Å². The lowest BCUT2D eigenvalue weighted by atomic mass is 9.86. The summed E-state index contributed by atoms with van der Waals surface area (Å²) in [4.78, 5) is 31.8. The van der Waals surface area contributed by atoms with Crippen molar-refractivity contribution in [3.05, 3.63) is 41.0 Å². The monoisotopic (exact) mass is 342 g/mol. The summed E-state index contributed by atoms with van der Waals surface area (Å²) in [6.45, 7) is 6.32. The Morgan fingerprint density at radius 1 is 1.40 bits per heavy atom. The van der Waals surface area contributed by atoms with E-state index in [0.717, 1.165) is 23.4 Å². The lowest BCUT2D eigenvalue weighted by Crippen LogP contribution is -2.34. The van der Waals surface area contributed by atoms with E-state index in [0.29, 0.717) is 38.3 Å². The third kappa shape index (κ3) is 2.73. The van der Waals surface area contributed by atoms with Gasteiger partial charge < -0.3 is 19.3 Å². The van der Waals surface area contributed by atoms with E-state index in [-0.39, 0.29) is 17.2 Å². The zero-order valence-corrected chi connectivity index (χ0v) is 14.5. The first-order chi connectivity index (χ1) is 12.0. The van der Waals surface area contributed by atoms with E-state index in [9.17, 15) is 9.59 Å².